The van der Waals surface area contributed by atoms with Gasteiger partial charge in [-0.15, -0.1) is 0 Å². The second-order valence-corrected chi connectivity index (χ2v) is 0.603. The number of hydrogen-bond acceptors (Lipinski definition) is 3. The van der Waals surface area contributed by atoms with Gasteiger partial charge in [0.1, 0.15) is 0 Å². The Hall–Kier alpha value is 0.870. The maximum absolute atomic E-state index is 8.52. The van der Waals surface area contributed by atoms with E-state index in [1.54, 1.807) is 0 Å². The first kappa shape index (κ1) is 15.8. The summed E-state index contributed by atoms with van der Waals surface area (Å²) in [4.78, 5) is 0. The molecule has 0 amide bonds. The molecule has 0 saturated heterocycles. The Morgan fingerprint density at radius 3 is 1.33 bits per heavy atom. The van der Waals surface area contributed by atoms with Gasteiger partial charge in [0.2, 0.25) is 0 Å². The molecular weight excluding hydrogens is 207 g/mol. The zero-order valence-corrected chi connectivity index (χ0v) is 4.68. The molecule has 3 N–H and O–H groups in total. The van der Waals surface area contributed by atoms with Crippen LogP contribution in [-0.2, 0) is 22.4 Å². The van der Waals surface area contributed by atoms with Gasteiger partial charge in [0.25, 0.3) is 10.8 Å². The van der Waals surface area contributed by atoms with Crippen molar-refractivity contribution >= 4 is 0 Å². The van der Waals surface area contributed by atoms with Gasteiger partial charge in [-0.1, -0.05) is 0 Å². The van der Waals surface area contributed by atoms with Crippen LogP contribution in [0.1, 0.15) is 0 Å². The van der Waals surface area contributed by atoms with Gasteiger partial charge in [-0.2, -0.15) is 0 Å². The molecule has 0 aliphatic heterocycles. The van der Waals surface area contributed by atoms with Crippen molar-refractivity contribution < 1.29 is 52.6 Å². The summed E-state index contributed by atoms with van der Waals surface area (Å²) < 4.78 is 24.0. The van der Waals surface area contributed by atoms with E-state index in [2.05, 4.69) is 0 Å². The number of hydrogen-bond donors (Lipinski definition) is 1. The van der Waals surface area contributed by atoms with Crippen LogP contribution in [0.5, 0.6) is 0 Å². The Labute approximate surface area is 53.0 Å². The van der Waals surface area contributed by atoms with Gasteiger partial charge in [0.05, 0.1) is 0 Å². The Balaban J connectivity index is -0.0000000450. The molecule has 0 unspecified atom stereocenters. The molecule has 45 valence electrons. The van der Waals surface area contributed by atoms with Crippen molar-refractivity contribution in [1.82, 2.24) is 0 Å². The molecule has 6 heteroatoms. The normalized spacial score (nSPS) is 6.00. The molecule has 0 atom stereocenters. The van der Waals surface area contributed by atoms with Gasteiger partial charge >= 0.3 is 0 Å². The molecule has 0 rings (SSSR count). The fourth-order valence-corrected chi connectivity index (χ4v) is 0. The quantitative estimate of drug-likeness (QED) is 0.416. The van der Waals surface area contributed by atoms with E-state index in [1.807, 2.05) is 0 Å². The van der Waals surface area contributed by atoms with Crippen molar-refractivity contribution in [3.63, 3.8) is 0 Å². The van der Waals surface area contributed by atoms with Gasteiger partial charge in [-0.3, -0.25) is 0 Å². The monoisotopic (exact) mass is 209 g/mol. The summed E-state index contributed by atoms with van der Waals surface area (Å²) in [6.07, 6.45) is 0. The van der Waals surface area contributed by atoms with Crippen molar-refractivity contribution in [2.75, 3.05) is 0 Å². The molecule has 0 saturated carbocycles. The minimum Gasteiger partial charge on any atom is -0.412 e. The third-order valence-electron chi connectivity index (χ3n) is 0. The van der Waals surface area contributed by atoms with E-state index in [1.165, 1.54) is 0 Å². The molecule has 6 heavy (non-hydrogen) atoms. The fraction of sp³-hybridized carbons (Fsp3) is 0. The Morgan fingerprint density at radius 1 is 1.33 bits per heavy atom. The standard InChI is InChI=1S/Ag.ClHO3.H2O/c;2-1(3)4;/h;2H;1H2. The van der Waals surface area contributed by atoms with Crippen LogP contribution in [0.2, 0.25) is 0 Å². The summed E-state index contributed by atoms with van der Waals surface area (Å²) in [6, 6.07) is 0. The summed E-state index contributed by atoms with van der Waals surface area (Å²) in [7, 11) is -2.60. The molecule has 0 aromatic heterocycles. The molecule has 1 radical (unpaired) electrons. The molecule has 0 bridgehead atoms. The fourth-order valence-electron chi connectivity index (χ4n) is 0. The topological polar surface area (TPSA) is 97.9 Å². The van der Waals surface area contributed by atoms with Gasteiger partial charge in [0, 0.05) is 27.0 Å². The van der Waals surface area contributed by atoms with Crippen LogP contribution in [-0.4, -0.2) is 10.1 Å². The first-order chi connectivity index (χ1) is 1.73. The van der Waals surface area contributed by atoms with Crippen molar-refractivity contribution in [3.8, 4) is 0 Å². The third kappa shape index (κ3) is 96.3. The minimum absolute atomic E-state index is 0. The maximum Gasteiger partial charge on any atom is 0.282 e. The van der Waals surface area contributed by atoms with E-state index in [0.717, 1.165) is 0 Å². The Morgan fingerprint density at radius 2 is 1.33 bits per heavy atom. The van der Waals surface area contributed by atoms with E-state index >= 15 is 0 Å². The molecule has 0 aliphatic rings. The smallest absolute Gasteiger partial charge is 0.282 e. The van der Waals surface area contributed by atoms with E-state index in [0.29, 0.717) is 0 Å². The third-order valence-corrected chi connectivity index (χ3v) is 0. The molecular formula is H3AgClO4. The molecule has 0 spiro atoms. The van der Waals surface area contributed by atoms with Crippen LogP contribution in [0.15, 0.2) is 0 Å². The molecule has 0 aromatic rings. The van der Waals surface area contributed by atoms with E-state index in [9.17, 15) is 0 Å². The Bertz CT molecular complexity index is 12.3. The van der Waals surface area contributed by atoms with Crippen LogP contribution in [0.4, 0.5) is 0 Å². The van der Waals surface area contributed by atoms with Gasteiger partial charge in [-0.05, 0) is 0 Å². The second-order valence-electron chi connectivity index (χ2n) is 0.201. The van der Waals surface area contributed by atoms with E-state index in [4.69, 9.17) is 14.0 Å². The summed E-state index contributed by atoms with van der Waals surface area (Å²) >= 11 is 0. The van der Waals surface area contributed by atoms with Gasteiger partial charge in [0.15, 0.2) is 0 Å². The number of halogens is 1. The van der Waals surface area contributed by atoms with Crippen LogP contribution in [0.3, 0.4) is 0 Å². The van der Waals surface area contributed by atoms with Crippen molar-refractivity contribution in [2.45, 2.75) is 0 Å². The summed E-state index contributed by atoms with van der Waals surface area (Å²) in [6.45, 7) is 0. The van der Waals surface area contributed by atoms with Crippen molar-refractivity contribution in [1.29, 1.82) is 0 Å². The average Bonchev–Trinajstić information content (AvgIpc) is 0.811. The molecule has 4 nitrogen and oxygen atoms in total. The van der Waals surface area contributed by atoms with Crippen LogP contribution in [0, 0.1) is 10.8 Å². The predicted molar refractivity (Wildman–Crippen MR) is 5.83 cm³/mol. The summed E-state index contributed by atoms with van der Waals surface area (Å²) in [5, 5.41) is 0. The predicted octanol–water partition coefficient (Wildman–Crippen LogP) is -3.76. The molecule has 0 fully saturated rings. The molecule has 0 heterocycles. The SMILES string of the molecule is O.[Ag].[O-][Cl+2]([O-])O. The second kappa shape index (κ2) is 9.30. The number of rotatable bonds is 0. The van der Waals surface area contributed by atoms with Crippen LogP contribution < -0.4 is 9.32 Å². The van der Waals surface area contributed by atoms with Crippen molar-refractivity contribution in [3.05, 3.63) is 0 Å². The van der Waals surface area contributed by atoms with Crippen LogP contribution >= 0.6 is 0 Å². The zero-order valence-electron chi connectivity index (χ0n) is 2.44. The van der Waals surface area contributed by atoms with Crippen molar-refractivity contribution in [2.24, 2.45) is 0 Å². The molecule has 0 aromatic carbocycles. The van der Waals surface area contributed by atoms with Gasteiger partial charge < -0.3 is 14.8 Å². The minimum atomic E-state index is -2.60. The summed E-state index contributed by atoms with van der Waals surface area (Å²) in [5.41, 5.74) is 0. The van der Waals surface area contributed by atoms with E-state index < -0.39 is 10.8 Å². The first-order valence-corrected chi connectivity index (χ1v) is 1.43. The average molecular weight is 210 g/mol. The largest absolute Gasteiger partial charge is 0.412 e. The zero-order chi connectivity index (χ0) is 3.58. The maximum atomic E-state index is 8.52. The van der Waals surface area contributed by atoms with E-state index in [-0.39, 0.29) is 27.9 Å². The Kier molecular flexibility index (Phi) is 24.5. The van der Waals surface area contributed by atoms with Gasteiger partial charge in [-0.25, -0.2) is 0 Å². The first-order valence-electron chi connectivity index (χ1n) is 0.478. The molecule has 0 aliphatic carbocycles. The van der Waals surface area contributed by atoms with Crippen LogP contribution in [0.25, 0.3) is 0 Å². The summed E-state index contributed by atoms with van der Waals surface area (Å²) in [5.74, 6) is 0.